The zero-order valence-electron chi connectivity index (χ0n) is 21.1. The predicted molar refractivity (Wildman–Crippen MR) is 134 cm³/mol. The summed E-state index contributed by atoms with van der Waals surface area (Å²) in [6.07, 6.45) is 0.229. The van der Waals surface area contributed by atoms with Crippen molar-refractivity contribution >= 4 is 34.4 Å². The summed E-state index contributed by atoms with van der Waals surface area (Å²) in [5.74, 6) is -3.50. The first-order valence-electron chi connectivity index (χ1n) is 11.6. The minimum atomic E-state index is -1.37. The zero-order valence-corrected chi connectivity index (χ0v) is 21.1. The van der Waals surface area contributed by atoms with E-state index in [2.05, 4.69) is 16.0 Å². The van der Waals surface area contributed by atoms with Gasteiger partial charge in [0.05, 0.1) is 5.92 Å². The molecule has 2 aromatic rings. The van der Waals surface area contributed by atoms with Gasteiger partial charge in [-0.2, -0.15) is 0 Å². The Morgan fingerprint density at radius 2 is 1.51 bits per heavy atom. The first kappa shape index (κ1) is 27.8. The van der Waals surface area contributed by atoms with Crippen LogP contribution in [-0.4, -0.2) is 48.0 Å². The van der Waals surface area contributed by atoms with Crippen LogP contribution >= 0.6 is 0 Å². The second-order valence-corrected chi connectivity index (χ2v) is 10.1. The summed E-state index contributed by atoms with van der Waals surface area (Å²) in [6, 6.07) is 10.4. The van der Waals surface area contributed by atoms with Gasteiger partial charge in [-0.05, 0) is 40.7 Å². The molecule has 5 N–H and O–H groups in total. The molecule has 0 radical (unpaired) electrons. The van der Waals surface area contributed by atoms with Crippen molar-refractivity contribution in [2.75, 3.05) is 7.05 Å². The van der Waals surface area contributed by atoms with Gasteiger partial charge in [0.25, 0.3) is 11.8 Å². The molecule has 0 spiro atoms. The van der Waals surface area contributed by atoms with Gasteiger partial charge in [-0.15, -0.1) is 0 Å². The predicted octanol–water partition coefficient (Wildman–Crippen LogP) is 2.38. The molecule has 9 nitrogen and oxygen atoms in total. The van der Waals surface area contributed by atoms with Crippen LogP contribution in [0.2, 0.25) is 0 Å². The Kier molecular flexibility index (Phi) is 9.36. The van der Waals surface area contributed by atoms with E-state index in [1.54, 1.807) is 23.7 Å². The highest BCUT2D eigenvalue weighted by molar-refractivity contribution is 6.02. The lowest BCUT2D eigenvalue weighted by atomic mass is 9.84. The fourth-order valence-electron chi connectivity index (χ4n) is 3.94. The Balaban J connectivity index is 2.38. The summed E-state index contributed by atoms with van der Waals surface area (Å²) in [5.41, 5.74) is 1.26. The molecule has 0 heterocycles. The number of carbonyl (C=O) groups excluding carboxylic acids is 4. The Morgan fingerprint density at radius 1 is 0.886 bits per heavy atom. The lowest BCUT2D eigenvalue weighted by Crippen LogP contribution is -2.59. The van der Waals surface area contributed by atoms with Crippen LogP contribution in [0.3, 0.4) is 0 Å². The van der Waals surface area contributed by atoms with E-state index in [9.17, 15) is 24.4 Å². The molecule has 0 aromatic heterocycles. The normalized spacial score (nSPS) is 14.1. The number of carbonyl (C=O) groups is 4. The third-order valence-corrected chi connectivity index (χ3v) is 5.82. The van der Waals surface area contributed by atoms with E-state index < -0.39 is 41.1 Å². The minimum Gasteiger partial charge on any atom is -0.357 e. The number of amides is 4. The molecule has 35 heavy (non-hydrogen) atoms. The van der Waals surface area contributed by atoms with Gasteiger partial charge in [0.15, 0.2) is 0 Å². The molecule has 0 saturated heterocycles. The van der Waals surface area contributed by atoms with E-state index in [0.717, 1.165) is 10.8 Å². The quantitative estimate of drug-likeness (QED) is 0.275. The van der Waals surface area contributed by atoms with Crippen molar-refractivity contribution in [3.05, 3.63) is 48.0 Å². The van der Waals surface area contributed by atoms with Gasteiger partial charge in [0.1, 0.15) is 12.1 Å². The molecule has 4 amide bonds. The van der Waals surface area contributed by atoms with Gasteiger partial charge in [-0.1, -0.05) is 65.0 Å². The summed E-state index contributed by atoms with van der Waals surface area (Å²) in [6.45, 7) is 9.18. The fraction of sp³-hybridized carbons (Fsp3) is 0.462. The molecule has 3 atom stereocenters. The standard InChI is InChI=1S/C26H36N4O5/c1-15(2)13-19(23(32)29-21(25(34)27-6)26(3,4)5)20(24(33)30-35)28-22(31)18-12-11-16-9-7-8-10-17(16)14-18/h7-12,14-15,19-21,35H,13H2,1-6H3,(H,27,34)(H,28,31)(H,29,32)(H,30,33)/t19-,20+,21-/m1/s1. The van der Waals surface area contributed by atoms with E-state index >= 15 is 0 Å². The van der Waals surface area contributed by atoms with Crippen LogP contribution < -0.4 is 21.4 Å². The number of likely N-dealkylation sites (N-methyl/N-ethyl adjacent to an activating group) is 1. The van der Waals surface area contributed by atoms with Gasteiger partial charge in [0.2, 0.25) is 11.8 Å². The summed E-state index contributed by atoms with van der Waals surface area (Å²) in [5, 5.41) is 19.1. The van der Waals surface area contributed by atoms with Crippen molar-refractivity contribution in [3.8, 4) is 0 Å². The molecule has 0 unspecified atom stereocenters. The zero-order chi connectivity index (χ0) is 26.3. The highest BCUT2D eigenvalue weighted by atomic mass is 16.5. The Morgan fingerprint density at radius 3 is 2.06 bits per heavy atom. The van der Waals surface area contributed by atoms with Crippen molar-refractivity contribution in [3.63, 3.8) is 0 Å². The Hall–Kier alpha value is -3.46. The minimum absolute atomic E-state index is 0.0228. The average Bonchev–Trinajstić information content (AvgIpc) is 2.82. The molecule has 2 aromatic carbocycles. The lowest BCUT2D eigenvalue weighted by molar-refractivity contribution is -0.139. The molecular formula is C26H36N4O5. The summed E-state index contributed by atoms with van der Waals surface area (Å²) < 4.78 is 0. The van der Waals surface area contributed by atoms with E-state index in [0.29, 0.717) is 5.56 Å². The number of hydroxylamine groups is 1. The molecule has 0 fully saturated rings. The first-order chi connectivity index (χ1) is 16.4. The Bertz CT molecular complexity index is 1080. The topological polar surface area (TPSA) is 137 Å². The molecule has 190 valence electrons. The van der Waals surface area contributed by atoms with Crippen LogP contribution in [0.5, 0.6) is 0 Å². The van der Waals surface area contributed by atoms with Crippen molar-refractivity contribution in [2.45, 2.75) is 53.1 Å². The second-order valence-electron chi connectivity index (χ2n) is 10.1. The molecule has 0 bridgehead atoms. The highest BCUT2D eigenvalue weighted by Crippen LogP contribution is 2.23. The van der Waals surface area contributed by atoms with Crippen molar-refractivity contribution in [1.29, 1.82) is 0 Å². The van der Waals surface area contributed by atoms with E-state index in [-0.39, 0.29) is 18.2 Å². The molecule has 0 aliphatic carbocycles. The number of hydrogen-bond donors (Lipinski definition) is 5. The van der Waals surface area contributed by atoms with Gasteiger partial charge in [0, 0.05) is 12.6 Å². The van der Waals surface area contributed by atoms with Crippen molar-refractivity contribution in [1.82, 2.24) is 21.4 Å². The summed E-state index contributed by atoms with van der Waals surface area (Å²) in [7, 11) is 1.48. The van der Waals surface area contributed by atoms with Gasteiger partial charge >= 0.3 is 0 Å². The van der Waals surface area contributed by atoms with Crippen LogP contribution in [0.15, 0.2) is 42.5 Å². The van der Waals surface area contributed by atoms with Gasteiger partial charge in [-0.3, -0.25) is 24.4 Å². The SMILES string of the molecule is CNC(=O)[C@@H](NC(=O)[C@H](CC(C)C)[C@H](NC(=O)c1ccc2ccccc2c1)C(=O)NO)C(C)(C)C. The van der Waals surface area contributed by atoms with Crippen LogP contribution in [-0.2, 0) is 14.4 Å². The van der Waals surface area contributed by atoms with Crippen molar-refractivity contribution < 1.29 is 24.4 Å². The number of rotatable bonds is 9. The molecule has 9 heteroatoms. The number of fused-ring (bicyclic) bond motifs is 1. The summed E-state index contributed by atoms with van der Waals surface area (Å²) in [4.78, 5) is 51.6. The van der Waals surface area contributed by atoms with Crippen LogP contribution in [0.1, 0.15) is 51.4 Å². The number of nitrogens with one attached hydrogen (secondary N) is 4. The third kappa shape index (κ3) is 7.26. The van der Waals surface area contributed by atoms with Crippen molar-refractivity contribution in [2.24, 2.45) is 17.3 Å². The maximum atomic E-state index is 13.4. The lowest BCUT2D eigenvalue weighted by Gasteiger charge is -2.33. The molecule has 0 saturated carbocycles. The second kappa shape index (κ2) is 11.8. The largest absolute Gasteiger partial charge is 0.357 e. The third-order valence-electron chi connectivity index (χ3n) is 5.82. The van der Waals surface area contributed by atoms with Gasteiger partial charge in [-0.25, -0.2) is 5.48 Å². The highest BCUT2D eigenvalue weighted by Gasteiger charge is 2.39. The number of benzene rings is 2. The summed E-state index contributed by atoms with van der Waals surface area (Å²) >= 11 is 0. The maximum Gasteiger partial charge on any atom is 0.266 e. The average molecular weight is 485 g/mol. The molecule has 0 aliphatic heterocycles. The molecule has 2 rings (SSSR count). The van der Waals surface area contributed by atoms with Crippen LogP contribution in [0.4, 0.5) is 0 Å². The first-order valence-corrected chi connectivity index (χ1v) is 11.6. The monoisotopic (exact) mass is 484 g/mol. The maximum absolute atomic E-state index is 13.4. The van der Waals surface area contributed by atoms with E-state index in [1.807, 2.05) is 58.9 Å². The molecule has 0 aliphatic rings. The van der Waals surface area contributed by atoms with Gasteiger partial charge < -0.3 is 16.0 Å². The number of hydrogen-bond acceptors (Lipinski definition) is 5. The van der Waals surface area contributed by atoms with E-state index in [1.165, 1.54) is 7.05 Å². The molecular weight excluding hydrogens is 448 g/mol. The van der Waals surface area contributed by atoms with E-state index in [4.69, 9.17) is 0 Å². The van der Waals surface area contributed by atoms with Crippen LogP contribution in [0.25, 0.3) is 10.8 Å². The smallest absolute Gasteiger partial charge is 0.266 e. The Labute approximate surface area is 206 Å². The fourth-order valence-corrected chi connectivity index (χ4v) is 3.94. The van der Waals surface area contributed by atoms with Crippen LogP contribution in [0, 0.1) is 17.3 Å².